The standard InChI is InChI=1S/C26H23N3O4/c1-33-18-12-10-17(11-13-18)14-15-27-23(30)16-28-24-19-6-2-3-7-20(19)26(32)29(24)22-9-5-4-8-21(22)25(28)31/h2-13,24H,14-16H2,1H3,(H,27,30)/t24-/m1/s1. The second-order valence-corrected chi connectivity index (χ2v) is 8.03. The lowest BCUT2D eigenvalue weighted by Crippen LogP contribution is -2.51. The Labute approximate surface area is 191 Å². The molecule has 166 valence electrons. The Bertz CT molecular complexity index is 1240. The van der Waals surface area contributed by atoms with Crippen molar-refractivity contribution in [2.24, 2.45) is 0 Å². The molecule has 5 rings (SSSR count). The van der Waals surface area contributed by atoms with Crippen LogP contribution >= 0.6 is 0 Å². The second kappa shape index (κ2) is 8.43. The smallest absolute Gasteiger partial charge is 0.260 e. The number of amides is 3. The molecule has 3 amide bonds. The van der Waals surface area contributed by atoms with E-state index in [0.717, 1.165) is 16.9 Å². The van der Waals surface area contributed by atoms with Crippen LogP contribution in [-0.4, -0.2) is 42.8 Å². The fraction of sp³-hybridized carbons (Fsp3) is 0.192. The number of benzene rings is 3. The summed E-state index contributed by atoms with van der Waals surface area (Å²) in [6.07, 6.45) is 0.0204. The van der Waals surface area contributed by atoms with Crippen LogP contribution in [0.5, 0.6) is 5.75 Å². The SMILES string of the molecule is COc1ccc(CCNC(=O)CN2C(=O)c3ccccc3N3C(=O)c4ccccc4[C@H]23)cc1. The summed E-state index contributed by atoms with van der Waals surface area (Å²) in [6.45, 7) is 0.298. The number of ether oxygens (including phenoxy) is 1. The summed E-state index contributed by atoms with van der Waals surface area (Å²) in [6, 6.07) is 21.9. The van der Waals surface area contributed by atoms with Crippen LogP contribution in [-0.2, 0) is 11.2 Å². The molecule has 0 aliphatic carbocycles. The predicted octanol–water partition coefficient (Wildman–Crippen LogP) is 3.17. The van der Waals surface area contributed by atoms with Gasteiger partial charge >= 0.3 is 0 Å². The zero-order chi connectivity index (χ0) is 22.9. The van der Waals surface area contributed by atoms with Gasteiger partial charge in [0.05, 0.1) is 18.4 Å². The van der Waals surface area contributed by atoms with E-state index in [0.29, 0.717) is 29.8 Å². The number of nitrogens with one attached hydrogen (secondary N) is 1. The third kappa shape index (κ3) is 3.61. The van der Waals surface area contributed by atoms with Crippen LogP contribution in [0.1, 0.15) is 38.0 Å². The highest BCUT2D eigenvalue weighted by Gasteiger charge is 2.47. The van der Waals surface area contributed by atoms with Crippen LogP contribution in [0.4, 0.5) is 5.69 Å². The molecule has 0 bridgehead atoms. The fourth-order valence-corrected chi connectivity index (χ4v) is 4.48. The Hall–Kier alpha value is -4.13. The van der Waals surface area contributed by atoms with E-state index < -0.39 is 6.17 Å². The van der Waals surface area contributed by atoms with Gasteiger partial charge in [-0.25, -0.2) is 0 Å². The first-order valence-electron chi connectivity index (χ1n) is 10.8. The van der Waals surface area contributed by atoms with Gasteiger partial charge in [0.15, 0.2) is 0 Å². The lowest BCUT2D eigenvalue weighted by Gasteiger charge is -2.40. The highest BCUT2D eigenvalue weighted by Crippen LogP contribution is 2.44. The van der Waals surface area contributed by atoms with E-state index >= 15 is 0 Å². The minimum absolute atomic E-state index is 0.140. The number of carbonyl (C=O) groups is 3. The van der Waals surface area contributed by atoms with E-state index in [4.69, 9.17) is 4.74 Å². The van der Waals surface area contributed by atoms with Crippen molar-refractivity contribution < 1.29 is 19.1 Å². The summed E-state index contributed by atoms with van der Waals surface area (Å²) in [5.74, 6) is 0.0813. The number of para-hydroxylation sites is 1. The van der Waals surface area contributed by atoms with Crippen LogP contribution in [0.15, 0.2) is 72.8 Å². The minimum Gasteiger partial charge on any atom is -0.497 e. The van der Waals surface area contributed by atoms with Crippen molar-refractivity contribution in [1.82, 2.24) is 10.2 Å². The van der Waals surface area contributed by atoms with Gasteiger partial charge in [0, 0.05) is 17.7 Å². The molecule has 33 heavy (non-hydrogen) atoms. The number of nitrogens with zero attached hydrogens (tertiary/aromatic N) is 2. The second-order valence-electron chi connectivity index (χ2n) is 8.03. The third-order valence-electron chi connectivity index (χ3n) is 6.09. The van der Waals surface area contributed by atoms with Crippen molar-refractivity contribution in [3.05, 3.63) is 95.1 Å². The van der Waals surface area contributed by atoms with Crippen molar-refractivity contribution in [1.29, 1.82) is 0 Å². The number of hydrogen-bond acceptors (Lipinski definition) is 4. The zero-order valence-corrected chi connectivity index (χ0v) is 18.2. The summed E-state index contributed by atoms with van der Waals surface area (Å²) in [5.41, 5.74) is 3.35. The molecule has 1 N–H and O–H groups in total. The van der Waals surface area contributed by atoms with Gasteiger partial charge in [0.1, 0.15) is 18.5 Å². The fourth-order valence-electron chi connectivity index (χ4n) is 4.48. The summed E-state index contributed by atoms with van der Waals surface area (Å²) in [7, 11) is 1.62. The van der Waals surface area contributed by atoms with Gasteiger partial charge in [0.2, 0.25) is 5.91 Å². The van der Waals surface area contributed by atoms with Gasteiger partial charge < -0.3 is 15.0 Å². The average molecular weight is 441 g/mol. The van der Waals surface area contributed by atoms with Crippen molar-refractivity contribution in [3.8, 4) is 5.75 Å². The van der Waals surface area contributed by atoms with Gasteiger partial charge in [-0.1, -0.05) is 42.5 Å². The van der Waals surface area contributed by atoms with E-state index in [2.05, 4.69) is 5.32 Å². The molecule has 0 aromatic heterocycles. The number of fused-ring (bicyclic) bond motifs is 5. The van der Waals surface area contributed by atoms with Crippen LogP contribution in [0.25, 0.3) is 0 Å². The third-order valence-corrected chi connectivity index (χ3v) is 6.09. The largest absolute Gasteiger partial charge is 0.497 e. The topological polar surface area (TPSA) is 79.0 Å². The monoisotopic (exact) mass is 441 g/mol. The molecule has 0 radical (unpaired) electrons. The van der Waals surface area contributed by atoms with Gasteiger partial charge in [-0.05, 0) is 42.3 Å². The summed E-state index contributed by atoms with van der Waals surface area (Å²) in [4.78, 5) is 42.5. The Kier molecular flexibility index (Phi) is 5.30. The molecular weight excluding hydrogens is 418 g/mol. The van der Waals surface area contributed by atoms with Crippen molar-refractivity contribution in [3.63, 3.8) is 0 Å². The molecule has 0 spiro atoms. The van der Waals surface area contributed by atoms with Crippen molar-refractivity contribution >= 4 is 23.4 Å². The Morgan fingerprint density at radius 3 is 2.36 bits per heavy atom. The van der Waals surface area contributed by atoms with Crippen LogP contribution in [0, 0.1) is 0 Å². The van der Waals surface area contributed by atoms with Crippen molar-refractivity contribution in [2.75, 3.05) is 25.1 Å². The number of anilines is 1. The van der Waals surface area contributed by atoms with Crippen molar-refractivity contribution in [2.45, 2.75) is 12.6 Å². The first-order valence-corrected chi connectivity index (χ1v) is 10.8. The highest BCUT2D eigenvalue weighted by atomic mass is 16.5. The molecule has 3 aromatic rings. The maximum atomic E-state index is 13.4. The molecule has 0 unspecified atom stereocenters. The van der Waals surface area contributed by atoms with Gasteiger partial charge in [0.25, 0.3) is 11.8 Å². The molecule has 0 saturated carbocycles. The number of rotatable bonds is 6. The van der Waals surface area contributed by atoms with E-state index in [1.165, 1.54) is 4.90 Å². The maximum absolute atomic E-state index is 13.4. The highest BCUT2D eigenvalue weighted by molar-refractivity contribution is 6.17. The predicted molar refractivity (Wildman–Crippen MR) is 123 cm³/mol. The first kappa shape index (κ1) is 20.8. The van der Waals surface area contributed by atoms with E-state index in [1.807, 2.05) is 36.4 Å². The molecule has 7 heteroatoms. The lowest BCUT2D eigenvalue weighted by molar-refractivity contribution is -0.122. The molecule has 3 aromatic carbocycles. The zero-order valence-electron chi connectivity index (χ0n) is 18.2. The molecule has 2 aliphatic rings. The maximum Gasteiger partial charge on any atom is 0.260 e. The molecular formula is C26H23N3O4. The van der Waals surface area contributed by atoms with E-state index in [-0.39, 0.29) is 24.3 Å². The molecule has 2 aliphatic heterocycles. The minimum atomic E-state index is -0.636. The number of carbonyl (C=O) groups excluding carboxylic acids is 3. The number of methoxy groups -OCH3 is 1. The van der Waals surface area contributed by atoms with Crippen LogP contribution in [0.2, 0.25) is 0 Å². The average Bonchev–Trinajstić information content (AvgIpc) is 3.15. The number of hydrogen-bond donors (Lipinski definition) is 1. The van der Waals surface area contributed by atoms with Gasteiger partial charge in [-0.15, -0.1) is 0 Å². The summed E-state index contributed by atoms with van der Waals surface area (Å²) >= 11 is 0. The van der Waals surface area contributed by atoms with Gasteiger partial charge in [-0.3, -0.25) is 19.3 Å². The Morgan fingerprint density at radius 1 is 0.909 bits per heavy atom. The van der Waals surface area contributed by atoms with E-state index in [1.54, 1.807) is 48.4 Å². The molecule has 2 heterocycles. The first-order chi connectivity index (χ1) is 16.1. The molecule has 7 nitrogen and oxygen atoms in total. The molecule has 0 saturated heterocycles. The lowest BCUT2D eigenvalue weighted by atomic mass is 10.0. The Morgan fingerprint density at radius 2 is 1.61 bits per heavy atom. The normalized spacial score (nSPS) is 16.2. The summed E-state index contributed by atoms with van der Waals surface area (Å²) < 4.78 is 5.16. The summed E-state index contributed by atoms with van der Waals surface area (Å²) in [5, 5.41) is 2.90. The molecule has 1 atom stereocenters. The van der Waals surface area contributed by atoms with E-state index in [9.17, 15) is 14.4 Å². The van der Waals surface area contributed by atoms with Gasteiger partial charge in [-0.2, -0.15) is 0 Å². The van der Waals surface area contributed by atoms with Crippen LogP contribution in [0.3, 0.4) is 0 Å². The molecule has 0 fully saturated rings. The Balaban J connectivity index is 1.35. The quantitative estimate of drug-likeness (QED) is 0.637. The van der Waals surface area contributed by atoms with Crippen LogP contribution < -0.4 is 15.0 Å².